The first-order chi connectivity index (χ1) is 7.61. The highest BCUT2D eigenvalue weighted by atomic mass is 32.2. The summed E-state index contributed by atoms with van der Waals surface area (Å²) in [6.45, 7) is 8.39. The summed E-state index contributed by atoms with van der Waals surface area (Å²) in [7, 11) is 0. The van der Waals surface area contributed by atoms with Crippen LogP contribution in [0.25, 0.3) is 0 Å². The molecule has 0 aliphatic rings. The van der Waals surface area contributed by atoms with E-state index in [1.54, 1.807) is 27.7 Å². The number of aliphatic hydroxyl groups is 1. The van der Waals surface area contributed by atoms with E-state index in [0.717, 1.165) is 11.8 Å². The molecule has 1 amide bonds. The molecule has 0 aromatic rings. The second-order valence-corrected chi connectivity index (χ2v) is 6.00. The van der Waals surface area contributed by atoms with Crippen molar-refractivity contribution in [3.05, 3.63) is 0 Å². The standard InChI is InChI=1S/C11H21NO4S/c1-7(9(14)6-17-8(2)13)12-10(15)16-11(3,4)5/h7,9,14H,6H2,1-5H3,(H,12,15). The van der Waals surface area contributed by atoms with Crippen molar-refractivity contribution in [3.8, 4) is 0 Å². The molecule has 0 aromatic heterocycles. The van der Waals surface area contributed by atoms with E-state index in [4.69, 9.17) is 4.74 Å². The normalized spacial score (nSPS) is 14.9. The van der Waals surface area contributed by atoms with E-state index < -0.39 is 23.8 Å². The molecular weight excluding hydrogens is 242 g/mol. The van der Waals surface area contributed by atoms with E-state index in [1.807, 2.05) is 0 Å². The number of hydrogen-bond donors (Lipinski definition) is 2. The third kappa shape index (κ3) is 9.00. The largest absolute Gasteiger partial charge is 0.444 e. The molecule has 0 heterocycles. The summed E-state index contributed by atoms with van der Waals surface area (Å²) < 4.78 is 5.05. The number of carbonyl (C=O) groups excluding carboxylic acids is 2. The Bertz CT molecular complexity index is 275. The number of alkyl carbamates (subject to hydrolysis) is 1. The van der Waals surface area contributed by atoms with Crippen molar-refractivity contribution in [2.45, 2.75) is 52.4 Å². The zero-order valence-electron chi connectivity index (χ0n) is 10.9. The van der Waals surface area contributed by atoms with Gasteiger partial charge in [0, 0.05) is 12.7 Å². The van der Waals surface area contributed by atoms with Crippen LogP contribution in [0.2, 0.25) is 0 Å². The molecule has 2 atom stereocenters. The molecule has 0 rings (SSSR count). The van der Waals surface area contributed by atoms with Crippen LogP contribution in [0.15, 0.2) is 0 Å². The Morgan fingerprint density at radius 2 is 1.94 bits per heavy atom. The second kappa shape index (κ2) is 6.86. The number of rotatable bonds is 4. The molecule has 0 spiro atoms. The van der Waals surface area contributed by atoms with Crippen LogP contribution < -0.4 is 5.32 Å². The minimum absolute atomic E-state index is 0.0616. The van der Waals surface area contributed by atoms with E-state index in [0.29, 0.717) is 0 Å². The first-order valence-corrected chi connectivity index (χ1v) is 6.41. The average molecular weight is 263 g/mol. The van der Waals surface area contributed by atoms with Gasteiger partial charge in [-0.2, -0.15) is 0 Å². The highest BCUT2D eigenvalue weighted by Crippen LogP contribution is 2.09. The minimum atomic E-state index is -0.781. The highest BCUT2D eigenvalue weighted by Gasteiger charge is 2.21. The zero-order chi connectivity index (χ0) is 13.6. The molecular formula is C11H21NO4S. The monoisotopic (exact) mass is 263 g/mol. The van der Waals surface area contributed by atoms with Crippen LogP contribution in [0.1, 0.15) is 34.6 Å². The van der Waals surface area contributed by atoms with Gasteiger partial charge in [0.2, 0.25) is 0 Å². The van der Waals surface area contributed by atoms with Crippen molar-refractivity contribution in [3.63, 3.8) is 0 Å². The molecule has 2 unspecified atom stereocenters. The van der Waals surface area contributed by atoms with Gasteiger partial charge < -0.3 is 15.2 Å². The lowest BCUT2D eigenvalue weighted by Gasteiger charge is -2.24. The van der Waals surface area contributed by atoms with Gasteiger partial charge in [0.1, 0.15) is 5.60 Å². The van der Waals surface area contributed by atoms with Crippen molar-refractivity contribution < 1.29 is 19.4 Å². The van der Waals surface area contributed by atoms with Crippen molar-refractivity contribution >= 4 is 23.0 Å². The Morgan fingerprint density at radius 3 is 2.35 bits per heavy atom. The molecule has 0 fully saturated rings. The number of aliphatic hydroxyl groups excluding tert-OH is 1. The fourth-order valence-electron chi connectivity index (χ4n) is 0.937. The third-order valence-electron chi connectivity index (χ3n) is 1.78. The van der Waals surface area contributed by atoms with Crippen molar-refractivity contribution in [2.24, 2.45) is 0 Å². The van der Waals surface area contributed by atoms with Crippen LogP contribution in [0.4, 0.5) is 4.79 Å². The van der Waals surface area contributed by atoms with Gasteiger partial charge in [-0.05, 0) is 27.7 Å². The quantitative estimate of drug-likeness (QED) is 0.804. The second-order valence-electron chi connectivity index (χ2n) is 4.80. The van der Waals surface area contributed by atoms with Gasteiger partial charge in [-0.25, -0.2) is 4.79 Å². The van der Waals surface area contributed by atoms with Gasteiger partial charge >= 0.3 is 6.09 Å². The first-order valence-electron chi connectivity index (χ1n) is 5.43. The van der Waals surface area contributed by atoms with Crippen LogP contribution in [0, 0.1) is 0 Å². The lowest BCUT2D eigenvalue weighted by molar-refractivity contribution is -0.109. The zero-order valence-corrected chi connectivity index (χ0v) is 11.8. The maximum atomic E-state index is 11.4. The van der Waals surface area contributed by atoms with Crippen LogP contribution in [0.5, 0.6) is 0 Å². The summed E-state index contributed by atoms with van der Waals surface area (Å²) in [5.74, 6) is 0.256. The first kappa shape index (κ1) is 16.2. The number of ether oxygens (including phenoxy) is 1. The van der Waals surface area contributed by atoms with Gasteiger partial charge in [0.05, 0.1) is 12.1 Å². The third-order valence-corrected chi connectivity index (χ3v) is 2.69. The van der Waals surface area contributed by atoms with E-state index >= 15 is 0 Å². The average Bonchev–Trinajstić information content (AvgIpc) is 2.10. The van der Waals surface area contributed by atoms with E-state index in [-0.39, 0.29) is 10.9 Å². The SMILES string of the molecule is CC(=O)SCC(O)C(C)NC(=O)OC(C)(C)C. The fourth-order valence-corrected chi connectivity index (χ4v) is 1.63. The Balaban J connectivity index is 4.03. The van der Waals surface area contributed by atoms with Crippen molar-refractivity contribution in [1.82, 2.24) is 5.32 Å². The van der Waals surface area contributed by atoms with Gasteiger partial charge in [-0.1, -0.05) is 11.8 Å². The van der Waals surface area contributed by atoms with Crippen molar-refractivity contribution in [2.75, 3.05) is 5.75 Å². The van der Waals surface area contributed by atoms with Crippen molar-refractivity contribution in [1.29, 1.82) is 0 Å². The molecule has 2 N–H and O–H groups in total. The summed E-state index contributed by atoms with van der Waals surface area (Å²) in [6.07, 6.45) is -1.35. The molecule has 0 aliphatic carbocycles. The Labute approximate surface area is 106 Å². The van der Waals surface area contributed by atoms with Gasteiger partial charge in [-0.3, -0.25) is 4.79 Å². The summed E-state index contributed by atoms with van der Waals surface area (Å²) in [5.41, 5.74) is -0.567. The Morgan fingerprint density at radius 1 is 1.41 bits per heavy atom. The fraction of sp³-hybridized carbons (Fsp3) is 0.818. The summed E-state index contributed by atoms with van der Waals surface area (Å²) in [5, 5.41) is 12.1. The maximum Gasteiger partial charge on any atom is 0.407 e. The topological polar surface area (TPSA) is 75.6 Å². The summed E-state index contributed by atoms with van der Waals surface area (Å²) in [6, 6.07) is -0.461. The molecule has 100 valence electrons. The molecule has 5 nitrogen and oxygen atoms in total. The molecule has 6 heteroatoms. The Hall–Kier alpha value is -0.750. The number of hydrogen-bond acceptors (Lipinski definition) is 5. The molecule has 17 heavy (non-hydrogen) atoms. The van der Waals surface area contributed by atoms with Crippen LogP contribution in [-0.4, -0.2) is 39.8 Å². The summed E-state index contributed by atoms with van der Waals surface area (Å²) in [4.78, 5) is 22.1. The number of thioether (sulfide) groups is 1. The van der Waals surface area contributed by atoms with Gasteiger partial charge in [0.25, 0.3) is 0 Å². The van der Waals surface area contributed by atoms with E-state index in [9.17, 15) is 14.7 Å². The number of nitrogens with one attached hydrogen (secondary N) is 1. The molecule has 0 aliphatic heterocycles. The highest BCUT2D eigenvalue weighted by molar-refractivity contribution is 8.13. The summed E-state index contributed by atoms with van der Waals surface area (Å²) >= 11 is 1.03. The predicted molar refractivity (Wildman–Crippen MR) is 68.0 cm³/mol. The van der Waals surface area contributed by atoms with Crippen LogP contribution >= 0.6 is 11.8 Å². The number of amides is 1. The maximum absolute atomic E-state index is 11.4. The van der Waals surface area contributed by atoms with Crippen LogP contribution in [-0.2, 0) is 9.53 Å². The van der Waals surface area contributed by atoms with E-state index in [2.05, 4.69) is 5.32 Å². The molecule has 0 bridgehead atoms. The smallest absolute Gasteiger partial charge is 0.407 e. The van der Waals surface area contributed by atoms with Crippen LogP contribution in [0.3, 0.4) is 0 Å². The van der Waals surface area contributed by atoms with Gasteiger partial charge in [0.15, 0.2) is 5.12 Å². The molecule has 0 aromatic carbocycles. The minimum Gasteiger partial charge on any atom is -0.444 e. The Kier molecular flexibility index (Phi) is 6.56. The lowest BCUT2D eigenvalue weighted by atomic mass is 10.2. The molecule has 0 saturated carbocycles. The lowest BCUT2D eigenvalue weighted by Crippen LogP contribution is -2.44. The van der Waals surface area contributed by atoms with E-state index in [1.165, 1.54) is 6.92 Å². The molecule has 0 radical (unpaired) electrons. The van der Waals surface area contributed by atoms with Gasteiger partial charge in [-0.15, -0.1) is 0 Å². The number of carbonyl (C=O) groups is 2. The predicted octanol–water partition coefficient (Wildman–Crippen LogP) is 1.54. The molecule has 0 saturated heterocycles.